The normalized spacial score (nSPS) is 14.3. The molecule has 7 aromatic rings. The van der Waals surface area contributed by atoms with Crippen molar-refractivity contribution >= 4 is 22.3 Å². The summed E-state index contributed by atoms with van der Waals surface area (Å²) in [6.07, 6.45) is 3.83. The van der Waals surface area contributed by atoms with Gasteiger partial charge in [0.25, 0.3) is 0 Å². The minimum atomic E-state index is -0.229. The molecule has 1 N–H and O–H groups in total. The lowest BCUT2D eigenvalue weighted by molar-refractivity contribution is 0.664. The van der Waals surface area contributed by atoms with E-state index in [1.807, 2.05) is 24.4 Å². The van der Waals surface area contributed by atoms with Crippen LogP contribution in [0.3, 0.4) is 0 Å². The number of benzene rings is 6. The first kappa shape index (κ1) is 27.5. The molecule has 6 aromatic carbocycles. The van der Waals surface area contributed by atoms with Gasteiger partial charge in [0.1, 0.15) is 6.17 Å². The van der Waals surface area contributed by atoms with Crippen LogP contribution in [0.4, 0.5) is 0 Å². The van der Waals surface area contributed by atoms with Gasteiger partial charge in [0.15, 0.2) is 0 Å². The van der Waals surface area contributed by atoms with E-state index >= 15 is 0 Å². The first-order valence-electron chi connectivity index (χ1n) is 15.6. The van der Waals surface area contributed by atoms with Crippen LogP contribution in [-0.2, 0) is 0 Å². The van der Waals surface area contributed by atoms with E-state index in [9.17, 15) is 0 Å². The maximum Gasteiger partial charge on any atom is 0.145 e. The molecule has 0 bridgehead atoms. The lowest BCUT2D eigenvalue weighted by Crippen LogP contribution is -2.24. The van der Waals surface area contributed by atoms with E-state index in [1.54, 1.807) is 0 Å². The third-order valence-corrected chi connectivity index (χ3v) is 8.54. The van der Waals surface area contributed by atoms with E-state index < -0.39 is 0 Å². The molecule has 1 aromatic heterocycles. The second-order valence-electron chi connectivity index (χ2n) is 11.5. The van der Waals surface area contributed by atoms with Crippen LogP contribution in [0.2, 0.25) is 0 Å². The highest BCUT2D eigenvalue weighted by Gasteiger charge is 2.21. The van der Waals surface area contributed by atoms with E-state index in [0.717, 1.165) is 61.3 Å². The molecule has 1 aliphatic rings. The van der Waals surface area contributed by atoms with Crippen LogP contribution in [0.25, 0.3) is 50.0 Å². The average Bonchev–Trinajstić information content (AvgIpc) is 3.15. The first-order chi connectivity index (χ1) is 22.8. The van der Waals surface area contributed by atoms with Crippen LogP contribution in [0, 0.1) is 0 Å². The smallest absolute Gasteiger partial charge is 0.145 e. The molecule has 3 nitrogen and oxygen atoms in total. The Morgan fingerprint density at radius 3 is 1.78 bits per heavy atom. The van der Waals surface area contributed by atoms with Crippen molar-refractivity contribution in [2.24, 2.45) is 4.99 Å². The number of hydrogen-bond donors (Lipinski definition) is 1. The summed E-state index contributed by atoms with van der Waals surface area (Å²) in [5, 5.41) is 4.85. The van der Waals surface area contributed by atoms with E-state index in [2.05, 4.69) is 157 Å². The van der Waals surface area contributed by atoms with Crippen molar-refractivity contribution in [1.82, 2.24) is 10.3 Å². The summed E-state index contributed by atoms with van der Waals surface area (Å²) in [7, 11) is 0. The molecule has 2 heterocycles. The van der Waals surface area contributed by atoms with Crippen molar-refractivity contribution in [3.8, 4) is 33.4 Å². The number of allylic oxidation sites excluding steroid dienone is 1. The molecular weight excluding hydrogens is 558 g/mol. The maximum atomic E-state index is 5.31. The Bertz CT molecular complexity index is 2200. The van der Waals surface area contributed by atoms with Crippen LogP contribution in [-0.4, -0.2) is 10.7 Å². The summed E-state index contributed by atoms with van der Waals surface area (Å²) < 4.78 is 0. The Balaban J connectivity index is 1.28. The Kier molecular flexibility index (Phi) is 7.26. The van der Waals surface area contributed by atoms with Gasteiger partial charge in [-0.05, 0) is 69.3 Å². The fourth-order valence-electron chi connectivity index (χ4n) is 6.19. The largest absolute Gasteiger partial charge is 0.360 e. The molecule has 3 heteroatoms. The molecule has 0 radical (unpaired) electrons. The third-order valence-electron chi connectivity index (χ3n) is 8.54. The van der Waals surface area contributed by atoms with Crippen LogP contribution in [0.5, 0.6) is 0 Å². The molecule has 1 aliphatic heterocycles. The predicted molar refractivity (Wildman–Crippen MR) is 191 cm³/mol. The van der Waals surface area contributed by atoms with Crippen LogP contribution >= 0.6 is 0 Å². The van der Waals surface area contributed by atoms with E-state index in [1.165, 1.54) is 11.1 Å². The molecular formula is C43H31N3. The summed E-state index contributed by atoms with van der Waals surface area (Å²) >= 11 is 0. The Morgan fingerprint density at radius 1 is 0.457 bits per heavy atom. The Morgan fingerprint density at radius 2 is 1.04 bits per heavy atom. The summed E-state index contributed by atoms with van der Waals surface area (Å²) in [6.45, 7) is 0. The van der Waals surface area contributed by atoms with E-state index in [0.29, 0.717) is 0 Å². The molecule has 8 rings (SSSR count). The second kappa shape index (κ2) is 12.1. The average molecular weight is 590 g/mol. The molecule has 1 unspecified atom stereocenters. The van der Waals surface area contributed by atoms with Gasteiger partial charge in [0.2, 0.25) is 0 Å². The summed E-state index contributed by atoms with van der Waals surface area (Å²) in [4.78, 5) is 10.1. The molecule has 46 heavy (non-hydrogen) atoms. The van der Waals surface area contributed by atoms with Crippen molar-refractivity contribution < 1.29 is 0 Å². The van der Waals surface area contributed by atoms with Crippen LogP contribution < -0.4 is 5.32 Å². The SMILES string of the molecule is C1=C(c2ccc(-c3ccccc3)cc2)NC(c2ccccc2)N=C1c1cc(-c2ccccc2)cc(-c2cccc3cccnc23)c1. The molecule has 0 fully saturated rings. The maximum absolute atomic E-state index is 5.31. The fraction of sp³-hybridized carbons (Fsp3) is 0.0233. The van der Waals surface area contributed by atoms with Gasteiger partial charge in [-0.25, -0.2) is 0 Å². The van der Waals surface area contributed by atoms with Gasteiger partial charge in [-0.1, -0.05) is 140 Å². The minimum absolute atomic E-state index is 0.229. The molecule has 0 amide bonds. The Labute approximate surface area is 269 Å². The number of nitrogens with zero attached hydrogens (tertiary/aromatic N) is 2. The number of aliphatic imine (C=N–C) groups is 1. The number of pyridine rings is 1. The quantitative estimate of drug-likeness (QED) is 0.210. The zero-order valence-corrected chi connectivity index (χ0v) is 25.2. The van der Waals surface area contributed by atoms with E-state index in [-0.39, 0.29) is 6.17 Å². The Hall–Kier alpha value is -6.06. The highest BCUT2D eigenvalue weighted by atomic mass is 15.1. The summed E-state index contributed by atoms with van der Waals surface area (Å²) in [5.74, 6) is 0. The van der Waals surface area contributed by atoms with Gasteiger partial charge in [-0.15, -0.1) is 0 Å². The van der Waals surface area contributed by atoms with Gasteiger partial charge in [0, 0.05) is 28.4 Å². The number of aromatic nitrogens is 1. The highest BCUT2D eigenvalue weighted by Crippen LogP contribution is 2.34. The van der Waals surface area contributed by atoms with Gasteiger partial charge in [-0.2, -0.15) is 0 Å². The number of hydrogen-bond acceptors (Lipinski definition) is 3. The van der Waals surface area contributed by atoms with Crippen LogP contribution in [0.15, 0.2) is 181 Å². The van der Waals surface area contributed by atoms with Crippen molar-refractivity contribution in [3.63, 3.8) is 0 Å². The van der Waals surface area contributed by atoms with Gasteiger partial charge < -0.3 is 5.32 Å². The topological polar surface area (TPSA) is 37.3 Å². The summed E-state index contributed by atoms with van der Waals surface area (Å²) in [5.41, 5.74) is 13.2. The van der Waals surface area contributed by atoms with Crippen molar-refractivity contribution in [1.29, 1.82) is 0 Å². The minimum Gasteiger partial charge on any atom is -0.360 e. The van der Waals surface area contributed by atoms with Gasteiger partial charge in [-0.3, -0.25) is 9.98 Å². The highest BCUT2D eigenvalue weighted by molar-refractivity contribution is 6.14. The molecule has 0 aliphatic carbocycles. The zero-order chi connectivity index (χ0) is 30.7. The lowest BCUT2D eigenvalue weighted by Gasteiger charge is -2.25. The fourth-order valence-corrected chi connectivity index (χ4v) is 6.19. The van der Waals surface area contributed by atoms with Crippen LogP contribution in [0.1, 0.15) is 22.9 Å². The monoisotopic (exact) mass is 589 g/mol. The van der Waals surface area contributed by atoms with Crippen molar-refractivity contribution in [2.75, 3.05) is 0 Å². The third kappa shape index (κ3) is 5.51. The predicted octanol–water partition coefficient (Wildman–Crippen LogP) is 10.4. The lowest BCUT2D eigenvalue weighted by atomic mass is 9.92. The number of para-hydroxylation sites is 1. The zero-order valence-electron chi connectivity index (χ0n) is 25.2. The molecule has 0 spiro atoms. The molecule has 0 saturated heterocycles. The second-order valence-corrected chi connectivity index (χ2v) is 11.5. The molecule has 218 valence electrons. The van der Waals surface area contributed by atoms with Crippen molar-refractivity contribution in [3.05, 3.63) is 193 Å². The first-order valence-corrected chi connectivity index (χ1v) is 15.6. The number of nitrogens with one attached hydrogen (secondary N) is 1. The molecule has 0 saturated carbocycles. The molecule has 1 atom stereocenters. The van der Waals surface area contributed by atoms with Gasteiger partial charge >= 0.3 is 0 Å². The van der Waals surface area contributed by atoms with Crippen molar-refractivity contribution in [2.45, 2.75) is 6.17 Å². The summed E-state index contributed by atoms with van der Waals surface area (Å²) in [6, 6.07) is 57.6. The number of rotatable bonds is 6. The number of fused-ring (bicyclic) bond motifs is 1. The van der Waals surface area contributed by atoms with Gasteiger partial charge in [0.05, 0.1) is 11.2 Å². The standard InChI is InChI=1S/C43H31N3/c1-4-12-30(13-5-1)32-21-23-33(24-22-32)40-29-41(46-43(45-40)35-16-8-3-9-17-35)38-27-36(31-14-6-2-7-15-31)26-37(28-38)39-20-10-18-34-19-11-25-44-42(34)39/h1-29,43,45H. The van der Waals surface area contributed by atoms with E-state index in [4.69, 9.17) is 9.98 Å².